The molecule has 1 aromatic heterocycles. The zero-order valence-electron chi connectivity index (χ0n) is 16.3. The van der Waals surface area contributed by atoms with Crippen molar-refractivity contribution >= 4 is 16.7 Å². The minimum atomic E-state index is -0.400. The number of fused-ring (bicyclic) bond motifs is 8. The second-order valence-corrected chi connectivity index (χ2v) is 7.33. The molecule has 0 spiro atoms. The van der Waals surface area contributed by atoms with Gasteiger partial charge in [0, 0.05) is 16.7 Å². The lowest BCUT2D eigenvalue weighted by atomic mass is 9.99. The monoisotopic (exact) mass is 398 g/mol. The zero-order valence-corrected chi connectivity index (χ0v) is 16.3. The number of carbonyl (C=O) groups excluding carboxylic acids is 1. The maximum absolute atomic E-state index is 13.4. The Bertz CT molecular complexity index is 1450. The van der Waals surface area contributed by atoms with Gasteiger partial charge in [0.2, 0.25) is 0 Å². The molecule has 0 saturated carbocycles. The van der Waals surface area contributed by atoms with E-state index in [0.29, 0.717) is 33.3 Å². The highest BCUT2D eigenvalue weighted by atomic mass is 16.5. The molecular weight excluding hydrogens is 380 g/mol. The number of ether oxygens (including phenoxy) is 1. The van der Waals surface area contributed by atoms with E-state index in [0.717, 1.165) is 5.56 Å². The van der Waals surface area contributed by atoms with Crippen LogP contribution in [0.5, 0.6) is 5.75 Å². The third-order valence-corrected chi connectivity index (χ3v) is 5.53. The van der Waals surface area contributed by atoms with Crippen molar-refractivity contribution in [3.05, 3.63) is 110 Å². The predicted octanol–water partition coefficient (Wildman–Crippen LogP) is 2.81. The van der Waals surface area contributed by atoms with Gasteiger partial charge in [0.15, 0.2) is 5.78 Å². The molecule has 0 fully saturated rings. The number of rotatable bonds is 1. The molecule has 5 rings (SSSR count). The second-order valence-electron chi connectivity index (χ2n) is 7.33. The Kier molecular flexibility index (Phi) is 4.13. The highest BCUT2D eigenvalue weighted by molar-refractivity contribution is 6.09. The lowest BCUT2D eigenvalue weighted by Gasteiger charge is -2.17. The van der Waals surface area contributed by atoms with Crippen molar-refractivity contribution in [2.75, 3.05) is 7.11 Å². The van der Waals surface area contributed by atoms with Gasteiger partial charge in [0.25, 0.3) is 5.56 Å². The van der Waals surface area contributed by atoms with E-state index in [1.807, 2.05) is 6.07 Å². The van der Waals surface area contributed by atoms with Crippen LogP contribution < -0.4 is 16.0 Å². The first-order chi connectivity index (χ1) is 14.6. The summed E-state index contributed by atoms with van der Waals surface area (Å²) in [4.78, 5) is 39.6. The smallest absolute Gasteiger partial charge is 0.332 e. The van der Waals surface area contributed by atoms with Crippen LogP contribution in [0.4, 0.5) is 0 Å². The number of hydrogen-bond acceptors (Lipinski definition) is 4. The minimum absolute atomic E-state index is 0.0920. The molecule has 1 aliphatic heterocycles. The topological polar surface area (TPSA) is 70.3 Å². The quantitative estimate of drug-likeness (QED) is 0.435. The number of nitrogens with zero attached hydrogens (tertiary/aromatic N) is 2. The number of para-hydroxylation sites is 1. The van der Waals surface area contributed by atoms with Crippen LogP contribution in [-0.4, -0.2) is 22.0 Å². The standard InChI is InChI=1S/C24H18N2O4/c1-30-21-10-9-17-12-18(21)14-25-20-8-3-2-7-19(20)23(28)26(24(25)29)13-15-5-4-6-16(11-15)22(17)27/h2-12H,13-14H2,1H3. The van der Waals surface area contributed by atoms with Crippen LogP contribution in [0.15, 0.2) is 76.3 Å². The molecule has 6 heteroatoms. The summed E-state index contributed by atoms with van der Waals surface area (Å²) in [7, 11) is 1.55. The van der Waals surface area contributed by atoms with Gasteiger partial charge in [-0.15, -0.1) is 0 Å². The van der Waals surface area contributed by atoms with Crippen molar-refractivity contribution in [1.29, 1.82) is 0 Å². The Morgan fingerprint density at radius 2 is 1.60 bits per heavy atom. The largest absolute Gasteiger partial charge is 0.496 e. The van der Waals surface area contributed by atoms with E-state index in [2.05, 4.69) is 0 Å². The SMILES string of the molecule is COc1ccc2cc1Cn1c(=O)n(c(=O)c3ccccc31)Cc1cccc(c1)C2=O. The maximum atomic E-state index is 13.4. The van der Waals surface area contributed by atoms with Crippen LogP contribution in [0.2, 0.25) is 0 Å². The maximum Gasteiger partial charge on any atom is 0.332 e. The molecule has 0 N–H and O–H groups in total. The fourth-order valence-electron chi connectivity index (χ4n) is 4.04. The Labute approximate surface area is 171 Å². The lowest BCUT2D eigenvalue weighted by molar-refractivity contribution is 0.103. The number of aromatic nitrogens is 2. The molecule has 3 aromatic carbocycles. The van der Waals surface area contributed by atoms with E-state index in [9.17, 15) is 14.4 Å². The third kappa shape index (κ3) is 2.76. The van der Waals surface area contributed by atoms with Gasteiger partial charge in [-0.1, -0.05) is 30.3 Å². The molecule has 0 amide bonds. The molecule has 6 nitrogen and oxygen atoms in total. The lowest BCUT2D eigenvalue weighted by Crippen LogP contribution is -2.40. The summed E-state index contributed by atoms with van der Waals surface area (Å²) in [5, 5.41) is 0.469. The highest BCUT2D eigenvalue weighted by Crippen LogP contribution is 2.24. The summed E-state index contributed by atoms with van der Waals surface area (Å²) >= 11 is 0. The summed E-state index contributed by atoms with van der Waals surface area (Å²) in [6, 6.07) is 19.3. The minimum Gasteiger partial charge on any atom is -0.496 e. The van der Waals surface area contributed by atoms with Gasteiger partial charge < -0.3 is 4.74 Å². The van der Waals surface area contributed by atoms with Crippen molar-refractivity contribution in [2.45, 2.75) is 13.1 Å². The average Bonchev–Trinajstić information content (AvgIpc) is 2.78. The molecule has 6 bridgehead atoms. The summed E-state index contributed by atoms with van der Waals surface area (Å²) in [6.07, 6.45) is 0. The molecule has 4 aromatic rings. The molecule has 0 radical (unpaired) electrons. The van der Waals surface area contributed by atoms with Crippen LogP contribution in [0.1, 0.15) is 27.0 Å². The van der Waals surface area contributed by atoms with Gasteiger partial charge in [0.1, 0.15) is 5.75 Å². The van der Waals surface area contributed by atoms with E-state index in [4.69, 9.17) is 4.74 Å². The Hall–Kier alpha value is -3.93. The van der Waals surface area contributed by atoms with Crippen LogP contribution in [-0.2, 0) is 13.1 Å². The molecule has 0 unspecified atom stereocenters. The number of hydrogen-bond donors (Lipinski definition) is 0. The Morgan fingerprint density at radius 3 is 2.43 bits per heavy atom. The van der Waals surface area contributed by atoms with Crippen molar-refractivity contribution in [3.8, 4) is 5.75 Å². The van der Waals surface area contributed by atoms with Gasteiger partial charge in [-0.05, 0) is 42.0 Å². The van der Waals surface area contributed by atoms with Crippen molar-refractivity contribution < 1.29 is 9.53 Å². The van der Waals surface area contributed by atoms with E-state index >= 15 is 0 Å². The fourth-order valence-corrected chi connectivity index (χ4v) is 4.04. The summed E-state index contributed by atoms with van der Waals surface area (Å²) < 4.78 is 8.27. The van der Waals surface area contributed by atoms with Crippen LogP contribution in [0.25, 0.3) is 10.9 Å². The van der Waals surface area contributed by atoms with Crippen LogP contribution >= 0.6 is 0 Å². The second kappa shape index (κ2) is 6.84. The molecule has 2 heterocycles. The van der Waals surface area contributed by atoms with E-state index < -0.39 is 5.69 Å². The molecule has 0 atom stereocenters. The highest BCUT2D eigenvalue weighted by Gasteiger charge is 2.19. The van der Waals surface area contributed by atoms with Gasteiger partial charge in [0.05, 0.1) is 31.1 Å². The third-order valence-electron chi connectivity index (χ3n) is 5.53. The van der Waals surface area contributed by atoms with E-state index in [1.54, 1.807) is 72.3 Å². The summed E-state index contributed by atoms with van der Waals surface area (Å²) in [5.74, 6) is 0.459. The molecule has 0 aliphatic carbocycles. The van der Waals surface area contributed by atoms with Gasteiger partial charge in [-0.3, -0.25) is 18.7 Å². The number of ketones is 1. The van der Waals surface area contributed by atoms with Gasteiger partial charge in [-0.25, -0.2) is 4.79 Å². The van der Waals surface area contributed by atoms with E-state index in [-0.39, 0.29) is 24.4 Å². The predicted molar refractivity (Wildman–Crippen MR) is 114 cm³/mol. The van der Waals surface area contributed by atoms with E-state index in [1.165, 1.54) is 4.57 Å². The van der Waals surface area contributed by atoms with Crippen molar-refractivity contribution in [2.24, 2.45) is 0 Å². The number of benzene rings is 3. The first-order valence-electron chi connectivity index (χ1n) is 9.60. The van der Waals surface area contributed by atoms with Crippen molar-refractivity contribution in [1.82, 2.24) is 9.13 Å². The Balaban J connectivity index is 1.91. The van der Waals surface area contributed by atoms with Crippen LogP contribution in [0.3, 0.4) is 0 Å². The zero-order chi connectivity index (χ0) is 20.8. The first kappa shape index (κ1) is 18.1. The number of carbonyl (C=O) groups is 1. The first-order valence-corrected chi connectivity index (χ1v) is 9.60. The fraction of sp³-hybridized carbons (Fsp3) is 0.125. The molecule has 30 heavy (non-hydrogen) atoms. The molecule has 148 valence electrons. The van der Waals surface area contributed by atoms with Gasteiger partial charge >= 0.3 is 5.69 Å². The van der Waals surface area contributed by atoms with Crippen LogP contribution in [0, 0.1) is 0 Å². The van der Waals surface area contributed by atoms with Gasteiger partial charge in [-0.2, -0.15) is 0 Å². The Morgan fingerprint density at radius 1 is 0.800 bits per heavy atom. The average molecular weight is 398 g/mol. The molecule has 1 aliphatic rings. The summed E-state index contributed by atoms with van der Waals surface area (Å²) in [6.45, 7) is 0.270. The van der Waals surface area contributed by atoms with Crippen molar-refractivity contribution in [3.63, 3.8) is 0 Å². The normalized spacial score (nSPS) is 12.9. The summed E-state index contributed by atoms with van der Waals surface area (Å²) in [5.41, 5.74) is 2.25. The number of methoxy groups -OCH3 is 1. The molecule has 0 saturated heterocycles. The molecular formula is C24H18N2O4.